The standard InChI is InChI=1S/C12H15N3/c1-7-8(2)15-9(3)14-11-6-4-5-10(13-7)12(11)15/h4-8,13H,1-3H3/t7-,8+/m0/s1. The molecule has 0 saturated carbocycles. The van der Waals surface area contributed by atoms with Gasteiger partial charge in [0.25, 0.3) is 0 Å². The smallest absolute Gasteiger partial charge is 0.107 e. The highest BCUT2D eigenvalue weighted by Gasteiger charge is 2.25. The number of aromatic nitrogens is 2. The maximum atomic E-state index is 4.59. The first-order valence-corrected chi connectivity index (χ1v) is 5.42. The van der Waals surface area contributed by atoms with E-state index in [4.69, 9.17) is 0 Å². The van der Waals surface area contributed by atoms with Gasteiger partial charge in [-0.05, 0) is 32.9 Å². The van der Waals surface area contributed by atoms with Gasteiger partial charge in [0.05, 0.1) is 22.8 Å². The van der Waals surface area contributed by atoms with Gasteiger partial charge in [-0.25, -0.2) is 4.98 Å². The molecular weight excluding hydrogens is 186 g/mol. The number of nitrogens with one attached hydrogen (secondary N) is 1. The second kappa shape index (κ2) is 2.75. The molecule has 15 heavy (non-hydrogen) atoms. The van der Waals surface area contributed by atoms with Gasteiger partial charge in [0.1, 0.15) is 5.82 Å². The van der Waals surface area contributed by atoms with Crippen LogP contribution in [0.3, 0.4) is 0 Å². The van der Waals surface area contributed by atoms with Crippen LogP contribution in [0.4, 0.5) is 5.69 Å². The average molecular weight is 201 g/mol. The molecule has 3 nitrogen and oxygen atoms in total. The van der Waals surface area contributed by atoms with E-state index < -0.39 is 0 Å². The zero-order valence-corrected chi connectivity index (χ0v) is 9.28. The van der Waals surface area contributed by atoms with Gasteiger partial charge in [-0.3, -0.25) is 0 Å². The van der Waals surface area contributed by atoms with E-state index >= 15 is 0 Å². The largest absolute Gasteiger partial charge is 0.379 e. The molecule has 3 heteroatoms. The van der Waals surface area contributed by atoms with Gasteiger partial charge in [-0.15, -0.1) is 0 Å². The van der Waals surface area contributed by atoms with Crippen LogP contribution in [-0.2, 0) is 0 Å². The van der Waals surface area contributed by atoms with Gasteiger partial charge >= 0.3 is 0 Å². The van der Waals surface area contributed by atoms with Crippen LogP contribution in [-0.4, -0.2) is 15.6 Å². The predicted molar refractivity (Wildman–Crippen MR) is 62.3 cm³/mol. The minimum absolute atomic E-state index is 0.455. The third-order valence-corrected chi connectivity index (χ3v) is 3.40. The van der Waals surface area contributed by atoms with Crippen molar-refractivity contribution in [2.45, 2.75) is 32.9 Å². The fourth-order valence-corrected chi connectivity index (χ4v) is 2.47. The Morgan fingerprint density at radius 2 is 2.13 bits per heavy atom. The molecule has 1 aromatic heterocycles. The van der Waals surface area contributed by atoms with E-state index in [0.29, 0.717) is 12.1 Å². The molecule has 3 rings (SSSR count). The third kappa shape index (κ3) is 1.03. The van der Waals surface area contributed by atoms with E-state index in [1.54, 1.807) is 0 Å². The van der Waals surface area contributed by atoms with E-state index in [9.17, 15) is 0 Å². The fourth-order valence-electron chi connectivity index (χ4n) is 2.47. The molecule has 0 saturated heterocycles. The minimum atomic E-state index is 0.455. The molecule has 0 unspecified atom stereocenters. The first kappa shape index (κ1) is 8.77. The Kier molecular flexibility index (Phi) is 1.61. The van der Waals surface area contributed by atoms with Crippen LogP contribution < -0.4 is 5.32 Å². The average Bonchev–Trinajstić information content (AvgIpc) is 2.53. The number of nitrogens with zero attached hydrogens (tertiary/aromatic N) is 2. The molecule has 2 atom stereocenters. The summed E-state index contributed by atoms with van der Waals surface area (Å²) in [6, 6.07) is 7.18. The number of anilines is 1. The van der Waals surface area contributed by atoms with Gasteiger partial charge in [0, 0.05) is 6.04 Å². The van der Waals surface area contributed by atoms with E-state index in [0.717, 1.165) is 11.3 Å². The van der Waals surface area contributed by atoms with Crippen molar-refractivity contribution in [2.75, 3.05) is 5.32 Å². The van der Waals surface area contributed by atoms with Gasteiger partial charge in [-0.1, -0.05) is 6.07 Å². The number of para-hydroxylation sites is 1. The molecule has 0 radical (unpaired) electrons. The molecule has 0 amide bonds. The Morgan fingerprint density at radius 1 is 1.33 bits per heavy atom. The van der Waals surface area contributed by atoms with Gasteiger partial charge < -0.3 is 9.88 Å². The van der Waals surface area contributed by atoms with Crippen molar-refractivity contribution in [3.05, 3.63) is 24.0 Å². The number of aryl methyl sites for hydroxylation is 1. The lowest BCUT2D eigenvalue weighted by atomic mass is 10.1. The van der Waals surface area contributed by atoms with Crippen LogP contribution in [0.5, 0.6) is 0 Å². The second-order valence-electron chi connectivity index (χ2n) is 4.38. The maximum absolute atomic E-state index is 4.59. The molecule has 0 fully saturated rings. The zero-order valence-electron chi connectivity index (χ0n) is 9.28. The maximum Gasteiger partial charge on any atom is 0.107 e. The summed E-state index contributed by atoms with van der Waals surface area (Å²) >= 11 is 0. The Morgan fingerprint density at radius 3 is 2.93 bits per heavy atom. The van der Waals surface area contributed by atoms with Crippen LogP contribution >= 0.6 is 0 Å². The van der Waals surface area contributed by atoms with Crippen LogP contribution in [0.2, 0.25) is 0 Å². The molecule has 1 aliphatic heterocycles. The van der Waals surface area contributed by atoms with Gasteiger partial charge in [0.15, 0.2) is 0 Å². The highest BCUT2D eigenvalue weighted by molar-refractivity contribution is 5.90. The zero-order chi connectivity index (χ0) is 10.6. The molecule has 1 N–H and O–H groups in total. The highest BCUT2D eigenvalue weighted by Crippen LogP contribution is 2.34. The first-order chi connectivity index (χ1) is 7.18. The van der Waals surface area contributed by atoms with E-state index in [1.165, 1.54) is 11.2 Å². The summed E-state index contributed by atoms with van der Waals surface area (Å²) in [5, 5.41) is 3.53. The minimum Gasteiger partial charge on any atom is -0.379 e. The monoisotopic (exact) mass is 201 g/mol. The predicted octanol–water partition coefficient (Wildman–Crippen LogP) is 2.72. The lowest BCUT2D eigenvalue weighted by Crippen LogP contribution is -2.31. The molecule has 1 aromatic carbocycles. The molecule has 0 bridgehead atoms. The lowest BCUT2D eigenvalue weighted by molar-refractivity contribution is 0.479. The second-order valence-corrected chi connectivity index (χ2v) is 4.38. The number of benzene rings is 1. The number of hydrogen-bond donors (Lipinski definition) is 1. The van der Waals surface area contributed by atoms with Gasteiger partial charge in [0.2, 0.25) is 0 Å². The molecule has 78 valence electrons. The molecule has 2 aromatic rings. The van der Waals surface area contributed by atoms with Crippen LogP contribution in [0.1, 0.15) is 25.7 Å². The van der Waals surface area contributed by atoms with Crippen LogP contribution in [0.25, 0.3) is 11.0 Å². The number of imidazole rings is 1. The molecule has 0 aliphatic carbocycles. The topological polar surface area (TPSA) is 29.9 Å². The molecule has 1 aliphatic rings. The van der Waals surface area contributed by atoms with Gasteiger partial charge in [-0.2, -0.15) is 0 Å². The highest BCUT2D eigenvalue weighted by atomic mass is 15.2. The number of hydrogen-bond acceptors (Lipinski definition) is 2. The normalized spacial score (nSPS) is 24.2. The number of rotatable bonds is 0. The SMILES string of the molecule is Cc1nc2cccc3c2n1[C@H](C)[C@H](C)N3. The summed E-state index contributed by atoms with van der Waals surface area (Å²) in [4.78, 5) is 4.59. The van der Waals surface area contributed by atoms with E-state index in [-0.39, 0.29) is 0 Å². The molecule has 0 spiro atoms. The Labute approximate surface area is 89.1 Å². The molecule has 2 heterocycles. The molecular formula is C12H15N3. The summed E-state index contributed by atoms with van der Waals surface area (Å²) in [5.41, 5.74) is 3.55. The Hall–Kier alpha value is -1.51. The van der Waals surface area contributed by atoms with Crippen molar-refractivity contribution in [1.82, 2.24) is 9.55 Å². The summed E-state index contributed by atoms with van der Waals surface area (Å²) in [6.45, 7) is 6.53. The third-order valence-electron chi connectivity index (χ3n) is 3.40. The Bertz CT molecular complexity index is 527. The van der Waals surface area contributed by atoms with E-state index in [1.807, 2.05) is 0 Å². The first-order valence-electron chi connectivity index (χ1n) is 5.42. The van der Waals surface area contributed by atoms with E-state index in [2.05, 4.69) is 53.8 Å². The Balaban J connectivity index is 2.43. The summed E-state index contributed by atoms with van der Waals surface area (Å²) in [7, 11) is 0. The van der Waals surface area contributed by atoms with Crippen LogP contribution in [0.15, 0.2) is 18.2 Å². The van der Waals surface area contributed by atoms with Crippen molar-refractivity contribution in [3.8, 4) is 0 Å². The fraction of sp³-hybridized carbons (Fsp3) is 0.417. The summed E-state index contributed by atoms with van der Waals surface area (Å²) in [6.07, 6.45) is 0. The van der Waals surface area contributed by atoms with Crippen molar-refractivity contribution >= 4 is 16.7 Å². The van der Waals surface area contributed by atoms with Crippen molar-refractivity contribution in [3.63, 3.8) is 0 Å². The van der Waals surface area contributed by atoms with Crippen molar-refractivity contribution in [1.29, 1.82) is 0 Å². The summed E-state index contributed by atoms with van der Waals surface area (Å²) < 4.78 is 2.34. The van der Waals surface area contributed by atoms with Crippen molar-refractivity contribution in [2.24, 2.45) is 0 Å². The summed E-state index contributed by atoms with van der Waals surface area (Å²) in [5.74, 6) is 1.11. The lowest BCUT2D eigenvalue weighted by Gasteiger charge is -2.30. The quantitative estimate of drug-likeness (QED) is 0.710. The van der Waals surface area contributed by atoms with Crippen molar-refractivity contribution < 1.29 is 0 Å². The van der Waals surface area contributed by atoms with Crippen LogP contribution in [0, 0.1) is 6.92 Å².